The van der Waals surface area contributed by atoms with Crippen LogP contribution in [0.15, 0.2) is 54.4 Å². The van der Waals surface area contributed by atoms with Gasteiger partial charge in [-0.05, 0) is 42.0 Å². The molecule has 2 amide bonds. The number of carbonyl (C=O) groups excluding carboxylic acids is 1. The molecule has 0 fully saturated rings. The maximum atomic E-state index is 12.1. The lowest BCUT2D eigenvalue weighted by molar-refractivity contribution is 0.240. The predicted octanol–water partition coefficient (Wildman–Crippen LogP) is 3.18. The summed E-state index contributed by atoms with van der Waals surface area (Å²) in [6.07, 6.45) is 6.68. The number of carbonyl (C=O) groups is 1. The van der Waals surface area contributed by atoms with Crippen molar-refractivity contribution in [1.82, 2.24) is 15.6 Å². The molecule has 1 aromatic heterocycles. The molecule has 0 saturated carbocycles. The minimum Gasteiger partial charge on any atom is -0.327 e. The molecule has 0 spiro atoms. The Bertz CT molecular complexity index is 752. The van der Waals surface area contributed by atoms with E-state index in [1.54, 1.807) is 6.20 Å². The minimum atomic E-state index is -0.149. The van der Waals surface area contributed by atoms with Crippen LogP contribution in [-0.4, -0.2) is 11.0 Å². The Morgan fingerprint density at radius 2 is 2.00 bits per heavy atom. The van der Waals surface area contributed by atoms with Crippen LogP contribution in [0.25, 0.3) is 5.70 Å². The SMILES string of the molecule is O=C1NC2=C(CCCc3ccccc32)C(c2cccnc2)N1. The number of rotatable bonds is 1. The van der Waals surface area contributed by atoms with E-state index in [0.717, 1.165) is 36.1 Å². The van der Waals surface area contributed by atoms with Gasteiger partial charge in [-0.3, -0.25) is 4.98 Å². The van der Waals surface area contributed by atoms with Gasteiger partial charge >= 0.3 is 6.03 Å². The first-order chi connectivity index (χ1) is 10.8. The highest BCUT2D eigenvalue weighted by atomic mass is 16.2. The standard InChI is InChI=1S/C18H17N3O/c22-18-20-16(13-7-4-10-19-11-13)15-9-3-6-12-5-1-2-8-14(12)17(15)21-18/h1-2,4-5,7-8,10-11,16H,3,6,9H2,(H2,20,21,22). The van der Waals surface area contributed by atoms with Gasteiger partial charge in [-0.1, -0.05) is 30.3 Å². The fraction of sp³-hybridized carbons (Fsp3) is 0.222. The number of amides is 2. The molecule has 0 radical (unpaired) electrons. The summed E-state index contributed by atoms with van der Waals surface area (Å²) in [5, 5.41) is 6.07. The molecule has 22 heavy (non-hydrogen) atoms. The molecule has 2 heterocycles. The van der Waals surface area contributed by atoms with Crippen LogP contribution in [0, 0.1) is 0 Å². The molecular weight excluding hydrogens is 274 g/mol. The Morgan fingerprint density at radius 3 is 2.86 bits per heavy atom. The molecule has 2 N–H and O–H groups in total. The van der Waals surface area contributed by atoms with Gasteiger partial charge < -0.3 is 10.6 Å². The highest BCUT2D eigenvalue weighted by molar-refractivity contribution is 5.91. The van der Waals surface area contributed by atoms with Crippen molar-refractivity contribution in [2.75, 3.05) is 0 Å². The molecule has 2 aromatic rings. The summed E-state index contributed by atoms with van der Waals surface area (Å²) >= 11 is 0. The first-order valence-corrected chi connectivity index (χ1v) is 7.62. The molecular formula is C18H17N3O. The highest BCUT2D eigenvalue weighted by Gasteiger charge is 2.30. The van der Waals surface area contributed by atoms with Crippen molar-refractivity contribution in [3.8, 4) is 0 Å². The molecule has 4 nitrogen and oxygen atoms in total. The van der Waals surface area contributed by atoms with Gasteiger partial charge in [0.1, 0.15) is 0 Å². The van der Waals surface area contributed by atoms with Crippen molar-refractivity contribution in [1.29, 1.82) is 0 Å². The van der Waals surface area contributed by atoms with E-state index in [1.807, 2.05) is 24.4 Å². The largest absolute Gasteiger partial charge is 0.327 e. The van der Waals surface area contributed by atoms with E-state index in [1.165, 1.54) is 11.1 Å². The second-order valence-corrected chi connectivity index (χ2v) is 5.73. The number of urea groups is 1. The van der Waals surface area contributed by atoms with E-state index in [-0.39, 0.29) is 12.1 Å². The van der Waals surface area contributed by atoms with Crippen LogP contribution in [0.3, 0.4) is 0 Å². The second kappa shape index (κ2) is 5.30. The van der Waals surface area contributed by atoms with Crippen molar-refractivity contribution in [3.05, 3.63) is 71.1 Å². The summed E-state index contributed by atoms with van der Waals surface area (Å²) in [5.41, 5.74) is 5.71. The van der Waals surface area contributed by atoms with Crippen LogP contribution < -0.4 is 10.6 Å². The summed E-state index contributed by atoms with van der Waals surface area (Å²) in [4.78, 5) is 16.3. The summed E-state index contributed by atoms with van der Waals surface area (Å²) in [7, 11) is 0. The zero-order chi connectivity index (χ0) is 14.9. The molecule has 1 aliphatic heterocycles. The first kappa shape index (κ1) is 13.1. The minimum absolute atomic E-state index is 0.0939. The fourth-order valence-corrected chi connectivity index (χ4v) is 3.38. The Hall–Kier alpha value is -2.62. The Labute approximate surface area is 129 Å². The van der Waals surface area contributed by atoms with E-state index < -0.39 is 0 Å². The predicted molar refractivity (Wildman–Crippen MR) is 84.9 cm³/mol. The normalized spacial score (nSPS) is 20.4. The van der Waals surface area contributed by atoms with E-state index in [9.17, 15) is 4.79 Å². The maximum absolute atomic E-state index is 12.1. The Balaban J connectivity index is 1.88. The van der Waals surface area contributed by atoms with E-state index in [2.05, 4.69) is 33.8 Å². The summed E-state index contributed by atoms with van der Waals surface area (Å²) < 4.78 is 0. The van der Waals surface area contributed by atoms with Crippen LogP contribution >= 0.6 is 0 Å². The van der Waals surface area contributed by atoms with Crippen molar-refractivity contribution >= 4 is 11.7 Å². The lowest BCUT2D eigenvalue weighted by Gasteiger charge is -2.30. The summed E-state index contributed by atoms with van der Waals surface area (Å²) in [6.45, 7) is 0. The van der Waals surface area contributed by atoms with Crippen molar-refractivity contribution < 1.29 is 4.79 Å². The van der Waals surface area contributed by atoms with Crippen LogP contribution in [-0.2, 0) is 6.42 Å². The third kappa shape index (κ3) is 2.17. The first-order valence-electron chi connectivity index (χ1n) is 7.62. The monoisotopic (exact) mass is 291 g/mol. The number of benzene rings is 1. The highest BCUT2D eigenvalue weighted by Crippen LogP contribution is 2.37. The molecule has 1 unspecified atom stereocenters. The van der Waals surface area contributed by atoms with Gasteiger partial charge in [0.15, 0.2) is 0 Å². The van der Waals surface area contributed by atoms with Gasteiger partial charge in [0.05, 0.1) is 11.7 Å². The molecule has 0 bridgehead atoms. The molecule has 110 valence electrons. The number of hydrogen-bond donors (Lipinski definition) is 2. The van der Waals surface area contributed by atoms with Gasteiger partial charge in [-0.2, -0.15) is 0 Å². The van der Waals surface area contributed by atoms with E-state index in [4.69, 9.17) is 0 Å². The number of pyridine rings is 1. The van der Waals surface area contributed by atoms with Gasteiger partial charge in [0.25, 0.3) is 0 Å². The third-order valence-electron chi connectivity index (χ3n) is 4.38. The maximum Gasteiger partial charge on any atom is 0.320 e. The average molecular weight is 291 g/mol. The Morgan fingerprint density at radius 1 is 1.09 bits per heavy atom. The quantitative estimate of drug-likeness (QED) is 0.848. The topological polar surface area (TPSA) is 54.0 Å². The Kier molecular flexibility index (Phi) is 3.15. The van der Waals surface area contributed by atoms with Crippen LogP contribution in [0.4, 0.5) is 4.79 Å². The smallest absolute Gasteiger partial charge is 0.320 e. The number of fused-ring (bicyclic) bond motifs is 2. The van der Waals surface area contributed by atoms with Crippen molar-refractivity contribution in [2.45, 2.75) is 25.3 Å². The molecule has 1 aliphatic carbocycles. The van der Waals surface area contributed by atoms with E-state index >= 15 is 0 Å². The molecule has 4 heteroatoms. The number of aromatic nitrogens is 1. The van der Waals surface area contributed by atoms with E-state index in [0.29, 0.717) is 0 Å². The number of nitrogens with zero attached hydrogens (tertiary/aromatic N) is 1. The third-order valence-corrected chi connectivity index (χ3v) is 4.38. The number of hydrogen-bond acceptors (Lipinski definition) is 2. The lowest BCUT2D eigenvalue weighted by atomic mass is 9.92. The zero-order valence-electron chi connectivity index (χ0n) is 12.2. The fourth-order valence-electron chi connectivity index (χ4n) is 3.38. The van der Waals surface area contributed by atoms with Gasteiger partial charge in [0.2, 0.25) is 0 Å². The molecule has 2 aliphatic rings. The van der Waals surface area contributed by atoms with Gasteiger partial charge in [0, 0.05) is 18.0 Å². The molecule has 0 saturated heterocycles. The van der Waals surface area contributed by atoms with Crippen LogP contribution in [0.5, 0.6) is 0 Å². The number of nitrogens with one attached hydrogen (secondary N) is 2. The molecule has 1 aromatic carbocycles. The lowest BCUT2D eigenvalue weighted by Crippen LogP contribution is -2.43. The van der Waals surface area contributed by atoms with Gasteiger partial charge in [-0.15, -0.1) is 0 Å². The summed E-state index contributed by atoms with van der Waals surface area (Å²) in [6, 6.07) is 12.0. The van der Waals surface area contributed by atoms with Crippen molar-refractivity contribution in [3.63, 3.8) is 0 Å². The van der Waals surface area contributed by atoms with Crippen LogP contribution in [0.1, 0.15) is 35.6 Å². The zero-order valence-corrected chi connectivity index (χ0v) is 12.2. The number of aryl methyl sites for hydroxylation is 1. The molecule has 4 rings (SSSR count). The van der Waals surface area contributed by atoms with Gasteiger partial charge in [-0.25, -0.2) is 4.79 Å². The second-order valence-electron chi connectivity index (χ2n) is 5.73. The molecule has 1 atom stereocenters. The average Bonchev–Trinajstić information content (AvgIpc) is 2.75. The summed E-state index contributed by atoms with van der Waals surface area (Å²) in [5.74, 6) is 0. The van der Waals surface area contributed by atoms with Crippen LogP contribution in [0.2, 0.25) is 0 Å². The van der Waals surface area contributed by atoms with Crippen molar-refractivity contribution in [2.24, 2.45) is 0 Å².